The monoisotopic (exact) mass is 370 g/mol. The van der Waals surface area contributed by atoms with E-state index < -0.39 is 10.0 Å². The molecule has 138 valence electrons. The number of sulfonamides is 1. The molecule has 0 atom stereocenters. The summed E-state index contributed by atoms with van der Waals surface area (Å²) in [5.41, 5.74) is 4.20. The van der Waals surface area contributed by atoms with Crippen LogP contribution < -0.4 is 0 Å². The minimum atomic E-state index is -3.59. The van der Waals surface area contributed by atoms with Crippen molar-refractivity contribution >= 4 is 15.7 Å². The Bertz CT molecular complexity index is 869. The molecule has 2 aromatic carbocycles. The fourth-order valence-electron chi connectivity index (χ4n) is 3.07. The van der Waals surface area contributed by atoms with E-state index in [9.17, 15) is 8.42 Å². The van der Waals surface area contributed by atoms with Gasteiger partial charge in [0.25, 0.3) is 10.0 Å². The number of benzene rings is 2. The predicted octanol–water partition coefficient (Wildman–Crippen LogP) is 4.53. The van der Waals surface area contributed by atoms with E-state index in [-0.39, 0.29) is 0 Å². The van der Waals surface area contributed by atoms with Crippen LogP contribution in [0.4, 0.5) is 0 Å². The van der Waals surface area contributed by atoms with Gasteiger partial charge in [-0.1, -0.05) is 55.3 Å². The molecule has 0 N–H and O–H groups in total. The second-order valence-electron chi connectivity index (χ2n) is 6.81. The van der Waals surface area contributed by atoms with Gasteiger partial charge in [-0.05, 0) is 55.9 Å². The summed E-state index contributed by atoms with van der Waals surface area (Å²) in [5, 5.41) is 4.48. The van der Waals surface area contributed by atoms with Crippen molar-refractivity contribution in [2.75, 3.05) is 6.54 Å². The van der Waals surface area contributed by atoms with Crippen LogP contribution in [0.1, 0.15) is 49.3 Å². The molecular weight excluding hydrogens is 344 g/mol. The molecule has 26 heavy (non-hydrogen) atoms. The summed E-state index contributed by atoms with van der Waals surface area (Å²) in [6, 6.07) is 15.3. The lowest BCUT2D eigenvalue weighted by molar-refractivity contribution is 0.410. The minimum Gasteiger partial charge on any atom is -0.200 e. The van der Waals surface area contributed by atoms with Crippen molar-refractivity contribution in [3.8, 4) is 0 Å². The van der Waals surface area contributed by atoms with Crippen LogP contribution in [0.2, 0.25) is 0 Å². The maximum absolute atomic E-state index is 12.9. The Labute approximate surface area is 156 Å². The van der Waals surface area contributed by atoms with Crippen LogP contribution in [0.5, 0.6) is 0 Å². The van der Waals surface area contributed by atoms with Crippen molar-refractivity contribution in [2.24, 2.45) is 5.10 Å². The minimum absolute atomic E-state index is 0.294. The van der Waals surface area contributed by atoms with Crippen molar-refractivity contribution in [1.29, 1.82) is 0 Å². The van der Waals surface area contributed by atoms with Gasteiger partial charge in [0.15, 0.2) is 0 Å². The molecule has 0 unspecified atom stereocenters. The van der Waals surface area contributed by atoms with Crippen LogP contribution in [-0.4, -0.2) is 25.1 Å². The number of hydrazone groups is 1. The molecule has 2 aromatic rings. The molecule has 0 saturated carbocycles. The van der Waals surface area contributed by atoms with Gasteiger partial charge in [-0.2, -0.15) is 17.9 Å². The standard InChI is InChI=1S/C21H26N2O2S/c1-3-4-6-18-10-12-19(13-11-18)21-7-5-16-23(22-21)26(24,25)20-14-8-17(2)9-15-20/h8-15H,3-7,16H2,1-2H3. The fourth-order valence-corrected chi connectivity index (χ4v) is 4.37. The van der Waals surface area contributed by atoms with Crippen LogP contribution in [0, 0.1) is 6.92 Å². The molecule has 0 radical (unpaired) electrons. The first kappa shape index (κ1) is 18.6. The van der Waals surface area contributed by atoms with E-state index in [0.717, 1.165) is 36.1 Å². The topological polar surface area (TPSA) is 49.7 Å². The van der Waals surface area contributed by atoms with E-state index >= 15 is 0 Å². The second-order valence-corrected chi connectivity index (χ2v) is 8.66. The first-order chi connectivity index (χ1) is 12.5. The van der Waals surface area contributed by atoms with Crippen molar-refractivity contribution in [3.05, 3.63) is 65.2 Å². The van der Waals surface area contributed by atoms with E-state index in [1.807, 2.05) is 19.1 Å². The zero-order valence-corrected chi connectivity index (χ0v) is 16.3. The van der Waals surface area contributed by atoms with E-state index in [4.69, 9.17) is 0 Å². The molecule has 3 rings (SSSR count). The SMILES string of the molecule is CCCCc1ccc(C2=NN(S(=O)(=O)c3ccc(C)cc3)CCC2)cc1. The molecule has 0 aliphatic carbocycles. The number of hydrogen-bond acceptors (Lipinski definition) is 3. The second kappa shape index (κ2) is 8.04. The van der Waals surface area contributed by atoms with Gasteiger partial charge in [-0.3, -0.25) is 0 Å². The molecular formula is C21H26N2O2S. The first-order valence-electron chi connectivity index (χ1n) is 9.27. The summed E-state index contributed by atoms with van der Waals surface area (Å²) in [6.07, 6.45) is 5.02. The van der Waals surface area contributed by atoms with Crippen molar-refractivity contribution in [2.45, 2.75) is 50.8 Å². The van der Waals surface area contributed by atoms with Gasteiger partial charge in [-0.25, -0.2) is 0 Å². The summed E-state index contributed by atoms with van der Waals surface area (Å²) >= 11 is 0. The van der Waals surface area contributed by atoms with E-state index in [0.29, 0.717) is 11.4 Å². The van der Waals surface area contributed by atoms with E-state index in [1.165, 1.54) is 22.8 Å². The lowest BCUT2D eigenvalue weighted by Gasteiger charge is -2.25. The normalized spacial score (nSPS) is 15.0. The lowest BCUT2D eigenvalue weighted by atomic mass is 10.0. The van der Waals surface area contributed by atoms with E-state index in [1.54, 1.807) is 12.1 Å². The van der Waals surface area contributed by atoms with Crippen LogP contribution in [-0.2, 0) is 16.4 Å². The molecule has 0 saturated heterocycles. The maximum atomic E-state index is 12.9. The third-order valence-electron chi connectivity index (χ3n) is 4.70. The van der Waals surface area contributed by atoms with Gasteiger partial charge >= 0.3 is 0 Å². The first-order valence-corrected chi connectivity index (χ1v) is 10.7. The highest BCUT2D eigenvalue weighted by Gasteiger charge is 2.26. The summed E-state index contributed by atoms with van der Waals surface area (Å²) < 4.78 is 27.0. The van der Waals surface area contributed by atoms with Gasteiger partial charge < -0.3 is 0 Å². The highest BCUT2D eigenvalue weighted by atomic mass is 32.2. The average Bonchev–Trinajstić information content (AvgIpc) is 2.67. The van der Waals surface area contributed by atoms with Crippen LogP contribution >= 0.6 is 0 Å². The predicted molar refractivity (Wildman–Crippen MR) is 106 cm³/mol. The van der Waals surface area contributed by atoms with Crippen LogP contribution in [0.3, 0.4) is 0 Å². The largest absolute Gasteiger partial charge is 0.279 e. The Morgan fingerprint density at radius 2 is 1.73 bits per heavy atom. The molecule has 0 fully saturated rings. The summed E-state index contributed by atoms with van der Waals surface area (Å²) in [4.78, 5) is 0.294. The highest BCUT2D eigenvalue weighted by molar-refractivity contribution is 7.89. The molecule has 1 heterocycles. The fraction of sp³-hybridized carbons (Fsp3) is 0.381. The zero-order valence-electron chi connectivity index (χ0n) is 15.5. The number of rotatable bonds is 6. The Morgan fingerprint density at radius 1 is 1.04 bits per heavy atom. The number of hydrogen-bond donors (Lipinski definition) is 0. The third kappa shape index (κ3) is 4.15. The summed E-state index contributed by atoms with van der Waals surface area (Å²) in [6.45, 7) is 4.56. The van der Waals surface area contributed by atoms with Gasteiger partial charge in [0.1, 0.15) is 0 Å². The average molecular weight is 371 g/mol. The Hall–Kier alpha value is -2.14. The number of unbranched alkanes of at least 4 members (excludes halogenated alkanes) is 1. The summed E-state index contributed by atoms with van der Waals surface area (Å²) in [5.74, 6) is 0. The van der Waals surface area contributed by atoms with Gasteiger partial charge in [-0.15, -0.1) is 0 Å². The van der Waals surface area contributed by atoms with Crippen LogP contribution in [0.15, 0.2) is 58.5 Å². The van der Waals surface area contributed by atoms with Gasteiger partial charge in [0.2, 0.25) is 0 Å². The van der Waals surface area contributed by atoms with Gasteiger partial charge in [0.05, 0.1) is 17.2 Å². The molecule has 0 aromatic heterocycles. The van der Waals surface area contributed by atoms with E-state index in [2.05, 4.69) is 36.3 Å². The Kier molecular flexibility index (Phi) is 5.77. The van der Waals surface area contributed by atoms with Crippen molar-refractivity contribution < 1.29 is 8.42 Å². The van der Waals surface area contributed by atoms with Crippen molar-refractivity contribution in [3.63, 3.8) is 0 Å². The van der Waals surface area contributed by atoms with Crippen LogP contribution in [0.25, 0.3) is 0 Å². The quantitative estimate of drug-likeness (QED) is 0.750. The third-order valence-corrected chi connectivity index (χ3v) is 6.38. The smallest absolute Gasteiger partial charge is 0.200 e. The van der Waals surface area contributed by atoms with Gasteiger partial charge in [0, 0.05) is 0 Å². The Balaban J connectivity index is 1.83. The summed E-state index contributed by atoms with van der Waals surface area (Å²) in [7, 11) is -3.59. The zero-order chi connectivity index (χ0) is 18.6. The molecule has 1 aliphatic rings. The lowest BCUT2D eigenvalue weighted by Crippen LogP contribution is -2.32. The maximum Gasteiger partial charge on any atom is 0.279 e. The number of aryl methyl sites for hydroxylation is 2. The Morgan fingerprint density at radius 3 is 2.38 bits per heavy atom. The number of nitrogens with zero attached hydrogens (tertiary/aromatic N) is 2. The molecule has 5 heteroatoms. The molecule has 1 aliphatic heterocycles. The molecule has 0 spiro atoms. The molecule has 0 bridgehead atoms. The van der Waals surface area contributed by atoms with Crippen molar-refractivity contribution in [1.82, 2.24) is 4.41 Å². The highest BCUT2D eigenvalue weighted by Crippen LogP contribution is 2.22. The molecule has 4 nitrogen and oxygen atoms in total. The molecule has 0 amide bonds.